The lowest BCUT2D eigenvalue weighted by atomic mass is 10.2. The Balaban J connectivity index is 1.80. The van der Waals surface area contributed by atoms with Crippen molar-refractivity contribution < 1.29 is 14.3 Å². The lowest BCUT2D eigenvalue weighted by Gasteiger charge is -2.17. The highest BCUT2D eigenvalue weighted by Crippen LogP contribution is 2.33. The molecule has 1 saturated heterocycles. The zero-order valence-corrected chi connectivity index (χ0v) is 14.3. The average Bonchev–Trinajstić information content (AvgIpc) is 2.83. The van der Waals surface area contributed by atoms with E-state index in [-0.39, 0.29) is 23.3 Å². The van der Waals surface area contributed by atoms with Crippen molar-refractivity contribution >= 4 is 46.4 Å². The summed E-state index contributed by atoms with van der Waals surface area (Å²) < 4.78 is 5.09. The van der Waals surface area contributed by atoms with Gasteiger partial charge in [-0.3, -0.25) is 9.59 Å². The summed E-state index contributed by atoms with van der Waals surface area (Å²) in [5, 5.41) is 3.77. The topological polar surface area (TPSA) is 58.6 Å². The van der Waals surface area contributed by atoms with E-state index in [0.717, 1.165) is 10.6 Å². The summed E-state index contributed by atoms with van der Waals surface area (Å²) in [7, 11) is 1.58. The van der Waals surface area contributed by atoms with Crippen LogP contribution in [0.4, 0.5) is 11.4 Å². The molecular weight excluding hydrogens is 351 g/mol. The van der Waals surface area contributed by atoms with Gasteiger partial charge in [-0.05, 0) is 42.5 Å². The van der Waals surface area contributed by atoms with E-state index in [4.69, 9.17) is 27.9 Å². The van der Waals surface area contributed by atoms with E-state index < -0.39 is 6.04 Å². The third-order valence-corrected chi connectivity index (χ3v) is 4.27. The molecule has 0 saturated carbocycles. The number of halogens is 2. The van der Waals surface area contributed by atoms with Gasteiger partial charge in [-0.15, -0.1) is 0 Å². The molecule has 7 heteroatoms. The molecule has 1 N–H and O–H groups in total. The molecule has 2 aromatic carbocycles. The van der Waals surface area contributed by atoms with Crippen LogP contribution in [0.1, 0.15) is 6.42 Å². The number of nitrogens with zero attached hydrogens (tertiary/aromatic N) is 1. The van der Waals surface area contributed by atoms with E-state index in [9.17, 15) is 9.59 Å². The molecule has 1 atom stereocenters. The second-order valence-corrected chi connectivity index (χ2v) is 6.14. The van der Waals surface area contributed by atoms with Crippen molar-refractivity contribution in [3.63, 3.8) is 0 Å². The lowest BCUT2D eigenvalue weighted by Crippen LogP contribution is -2.35. The maximum Gasteiger partial charge on any atom is 0.256 e. The molecule has 0 radical (unpaired) electrons. The van der Waals surface area contributed by atoms with E-state index in [1.54, 1.807) is 43.5 Å². The highest BCUT2D eigenvalue weighted by molar-refractivity contribution is 6.38. The number of carbonyl (C=O) groups excluding carboxylic acids is 2. The van der Waals surface area contributed by atoms with Gasteiger partial charge in [0, 0.05) is 10.7 Å². The van der Waals surface area contributed by atoms with Crippen LogP contribution in [0.3, 0.4) is 0 Å². The van der Waals surface area contributed by atoms with Crippen LogP contribution in [0.2, 0.25) is 10.0 Å². The summed E-state index contributed by atoms with van der Waals surface area (Å²) >= 11 is 12.0. The molecule has 0 aliphatic carbocycles. The van der Waals surface area contributed by atoms with Crippen LogP contribution in [0.5, 0.6) is 5.75 Å². The fraction of sp³-hybridized carbons (Fsp3) is 0.176. The Morgan fingerprint density at radius 1 is 1.12 bits per heavy atom. The highest BCUT2D eigenvalue weighted by Gasteiger charge is 2.40. The first kappa shape index (κ1) is 16.6. The standard InChI is InChI=1S/C17H14Cl2N2O3/c1-24-12-5-3-11(4-6-12)20-14-9-16(22)21(17(14)23)15-7-2-10(18)8-13(15)19/h2-8,14,20H,9H2,1H3/t14-/m0/s1. The first-order valence-electron chi connectivity index (χ1n) is 7.22. The molecule has 0 unspecified atom stereocenters. The molecule has 0 aromatic heterocycles. The quantitative estimate of drug-likeness (QED) is 0.839. The van der Waals surface area contributed by atoms with Gasteiger partial charge < -0.3 is 10.1 Å². The summed E-state index contributed by atoms with van der Waals surface area (Å²) in [6.07, 6.45) is 0.0593. The molecule has 2 amide bonds. The number of hydrogen-bond donors (Lipinski definition) is 1. The van der Waals surface area contributed by atoms with Crippen LogP contribution in [0, 0.1) is 0 Å². The number of nitrogens with one attached hydrogen (secondary N) is 1. The van der Waals surface area contributed by atoms with Crippen LogP contribution >= 0.6 is 23.2 Å². The Morgan fingerprint density at radius 3 is 2.46 bits per heavy atom. The number of benzene rings is 2. The van der Waals surface area contributed by atoms with Crippen molar-refractivity contribution in [1.82, 2.24) is 0 Å². The van der Waals surface area contributed by atoms with Gasteiger partial charge in [0.2, 0.25) is 5.91 Å². The Bertz CT molecular complexity index is 793. The molecule has 1 heterocycles. The largest absolute Gasteiger partial charge is 0.497 e. The zero-order valence-electron chi connectivity index (χ0n) is 12.8. The number of hydrogen-bond acceptors (Lipinski definition) is 4. The molecule has 2 aromatic rings. The van der Waals surface area contributed by atoms with Crippen LogP contribution in [0.25, 0.3) is 0 Å². The van der Waals surface area contributed by atoms with Gasteiger partial charge in [0.05, 0.1) is 24.2 Å². The number of amides is 2. The highest BCUT2D eigenvalue weighted by atomic mass is 35.5. The summed E-state index contributed by atoms with van der Waals surface area (Å²) in [6, 6.07) is 11.1. The third-order valence-electron chi connectivity index (χ3n) is 3.73. The van der Waals surface area contributed by atoms with Gasteiger partial charge in [0.1, 0.15) is 11.8 Å². The molecule has 1 aliphatic heterocycles. The first-order valence-corrected chi connectivity index (χ1v) is 7.97. The SMILES string of the molecule is COc1ccc(N[C@H]2CC(=O)N(c3ccc(Cl)cc3Cl)C2=O)cc1. The number of anilines is 2. The van der Waals surface area contributed by atoms with E-state index in [0.29, 0.717) is 16.5 Å². The van der Waals surface area contributed by atoms with Crippen LogP contribution in [-0.2, 0) is 9.59 Å². The first-order chi connectivity index (χ1) is 11.5. The predicted molar refractivity (Wildman–Crippen MR) is 94.0 cm³/mol. The summed E-state index contributed by atoms with van der Waals surface area (Å²) in [5.41, 5.74) is 1.07. The summed E-state index contributed by atoms with van der Waals surface area (Å²) in [4.78, 5) is 26.0. The number of imide groups is 1. The molecule has 24 heavy (non-hydrogen) atoms. The van der Waals surface area contributed by atoms with Crippen molar-refractivity contribution in [2.75, 3.05) is 17.3 Å². The molecule has 5 nitrogen and oxygen atoms in total. The van der Waals surface area contributed by atoms with Gasteiger partial charge >= 0.3 is 0 Å². The summed E-state index contributed by atoms with van der Waals surface area (Å²) in [5.74, 6) is 0.0548. The monoisotopic (exact) mass is 364 g/mol. The van der Waals surface area contributed by atoms with Gasteiger partial charge in [-0.2, -0.15) is 0 Å². The van der Waals surface area contributed by atoms with E-state index in [2.05, 4.69) is 5.32 Å². The van der Waals surface area contributed by atoms with Crippen molar-refractivity contribution in [2.45, 2.75) is 12.5 Å². The van der Waals surface area contributed by atoms with E-state index in [1.165, 1.54) is 6.07 Å². The number of ether oxygens (including phenoxy) is 1. The molecule has 3 rings (SSSR count). The maximum absolute atomic E-state index is 12.6. The van der Waals surface area contributed by atoms with Gasteiger partial charge in [-0.25, -0.2) is 4.90 Å². The minimum absolute atomic E-state index is 0.0593. The minimum Gasteiger partial charge on any atom is -0.497 e. The maximum atomic E-state index is 12.6. The molecule has 0 bridgehead atoms. The Labute approximate surface area is 149 Å². The molecule has 124 valence electrons. The fourth-order valence-corrected chi connectivity index (χ4v) is 3.04. The van der Waals surface area contributed by atoms with Crippen molar-refractivity contribution in [2.24, 2.45) is 0 Å². The Morgan fingerprint density at radius 2 is 1.83 bits per heavy atom. The molecule has 1 aliphatic rings. The second kappa shape index (κ2) is 6.71. The predicted octanol–water partition coefficient (Wildman–Crippen LogP) is 3.75. The number of carbonyl (C=O) groups is 2. The van der Waals surface area contributed by atoms with Crippen LogP contribution in [0.15, 0.2) is 42.5 Å². The minimum atomic E-state index is -0.641. The number of rotatable bonds is 4. The Hall–Kier alpha value is -2.24. The summed E-state index contributed by atoms with van der Waals surface area (Å²) in [6.45, 7) is 0. The molecule has 1 fully saturated rings. The number of methoxy groups -OCH3 is 1. The zero-order chi connectivity index (χ0) is 17.3. The van der Waals surface area contributed by atoms with Crippen molar-refractivity contribution in [3.05, 3.63) is 52.5 Å². The van der Waals surface area contributed by atoms with Crippen molar-refractivity contribution in [3.8, 4) is 5.75 Å². The van der Waals surface area contributed by atoms with Crippen molar-refractivity contribution in [1.29, 1.82) is 0 Å². The smallest absolute Gasteiger partial charge is 0.256 e. The molecular formula is C17H14Cl2N2O3. The fourth-order valence-electron chi connectivity index (χ4n) is 2.55. The Kier molecular flexibility index (Phi) is 4.64. The second-order valence-electron chi connectivity index (χ2n) is 5.29. The molecule has 0 spiro atoms. The van der Waals surface area contributed by atoms with Gasteiger partial charge in [-0.1, -0.05) is 23.2 Å². The average molecular weight is 365 g/mol. The van der Waals surface area contributed by atoms with E-state index >= 15 is 0 Å². The lowest BCUT2D eigenvalue weighted by molar-refractivity contribution is -0.121. The van der Waals surface area contributed by atoms with Gasteiger partial charge in [0.15, 0.2) is 0 Å². The van der Waals surface area contributed by atoms with Crippen LogP contribution < -0.4 is 15.0 Å². The third kappa shape index (κ3) is 3.18. The normalized spacial score (nSPS) is 17.3. The van der Waals surface area contributed by atoms with Gasteiger partial charge in [0.25, 0.3) is 5.91 Å². The van der Waals surface area contributed by atoms with E-state index in [1.807, 2.05) is 0 Å². The van der Waals surface area contributed by atoms with Crippen LogP contribution in [-0.4, -0.2) is 25.0 Å².